The average Bonchev–Trinajstić information content (AvgIpc) is 3.16. The molecule has 1 aromatic carbocycles. The van der Waals surface area contributed by atoms with Crippen molar-refractivity contribution in [1.82, 2.24) is 19.5 Å². The summed E-state index contributed by atoms with van der Waals surface area (Å²) in [5, 5.41) is 13.3. The van der Waals surface area contributed by atoms with Crippen LogP contribution in [0, 0.1) is 11.7 Å². The third-order valence-electron chi connectivity index (χ3n) is 5.60. The smallest absolute Gasteiger partial charge is 0.259 e. The van der Waals surface area contributed by atoms with Gasteiger partial charge in [0.2, 0.25) is 0 Å². The van der Waals surface area contributed by atoms with Crippen LogP contribution in [0.5, 0.6) is 0 Å². The van der Waals surface area contributed by atoms with E-state index in [2.05, 4.69) is 10.1 Å². The van der Waals surface area contributed by atoms with Crippen LogP contribution in [0.3, 0.4) is 0 Å². The van der Waals surface area contributed by atoms with E-state index in [1.807, 2.05) is 17.0 Å². The van der Waals surface area contributed by atoms with Crippen molar-refractivity contribution >= 4 is 11.6 Å². The van der Waals surface area contributed by atoms with Crippen molar-refractivity contribution in [2.75, 3.05) is 19.7 Å². The highest BCUT2D eigenvalue weighted by molar-refractivity contribution is 5.99. The summed E-state index contributed by atoms with van der Waals surface area (Å²) < 4.78 is 14.7. The Labute approximate surface area is 169 Å². The molecule has 1 amide bonds. The summed E-state index contributed by atoms with van der Waals surface area (Å²) in [6, 6.07) is 6.65. The van der Waals surface area contributed by atoms with Gasteiger partial charge < -0.3 is 10.0 Å². The predicted molar refractivity (Wildman–Crippen MR) is 107 cm³/mol. The number of hydrogen-bond donors (Lipinski definition) is 1. The fourth-order valence-electron chi connectivity index (χ4n) is 4.00. The number of carbonyl (C=O) groups excluding carboxylic acids is 1. The fourth-order valence-corrected chi connectivity index (χ4v) is 4.00. The summed E-state index contributed by atoms with van der Waals surface area (Å²) in [5.41, 5.74) is 3.06. The molecule has 29 heavy (non-hydrogen) atoms. The molecule has 7 heteroatoms. The van der Waals surface area contributed by atoms with Crippen LogP contribution in [-0.2, 0) is 12.8 Å². The van der Waals surface area contributed by atoms with Crippen LogP contribution in [0.2, 0.25) is 0 Å². The Morgan fingerprint density at radius 1 is 1.17 bits per heavy atom. The Bertz CT molecular complexity index is 986. The lowest BCUT2D eigenvalue weighted by Gasteiger charge is -2.32. The van der Waals surface area contributed by atoms with Gasteiger partial charge in [-0.05, 0) is 61.3 Å². The molecule has 1 aliphatic heterocycles. The third kappa shape index (κ3) is 4.45. The molecule has 1 aliphatic rings. The predicted octanol–water partition coefficient (Wildman–Crippen LogP) is 2.89. The number of aryl methyl sites for hydroxylation is 1. The fraction of sp³-hybridized carbons (Fsp3) is 0.409. The lowest BCUT2D eigenvalue weighted by atomic mass is 9.91. The van der Waals surface area contributed by atoms with E-state index in [4.69, 9.17) is 5.11 Å². The summed E-state index contributed by atoms with van der Waals surface area (Å²) in [7, 11) is 0. The average molecular weight is 396 g/mol. The molecule has 0 bridgehead atoms. The first-order chi connectivity index (χ1) is 14.1. The minimum atomic E-state index is -0.214. The Morgan fingerprint density at radius 2 is 2.00 bits per heavy atom. The monoisotopic (exact) mass is 396 g/mol. The number of aliphatic hydroxyl groups is 1. The Kier molecular flexibility index (Phi) is 5.85. The highest BCUT2D eigenvalue weighted by Gasteiger charge is 2.26. The first-order valence-corrected chi connectivity index (χ1v) is 10.1. The molecule has 0 aliphatic carbocycles. The lowest BCUT2D eigenvalue weighted by Crippen LogP contribution is -2.40. The third-order valence-corrected chi connectivity index (χ3v) is 5.60. The van der Waals surface area contributed by atoms with Gasteiger partial charge >= 0.3 is 0 Å². The number of aliphatic hydroxyl groups excluding tert-OH is 1. The Hall–Kier alpha value is -2.80. The van der Waals surface area contributed by atoms with Gasteiger partial charge in [0.05, 0.1) is 6.20 Å². The number of nitrogens with zero attached hydrogens (tertiary/aromatic N) is 4. The van der Waals surface area contributed by atoms with Gasteiger partial charge in [0, 0.05) is 32.1 Å². The molecular formula is C22H25FN4O2. The van der Waals surface area contributed by atoms with E-state index >= 15 is 0 Å². The van der Waals surface area contributed by atoms with Crippen LogP contribution < -0.4 is 0 Å². The van der Waals surface area contributed by atoms with Crippen molar-refractivity contribution in [3.8, 4) is 0 Å². The second-order valence-corrected chi connectivity index (χ2v) is 7.69. The van der Waals surface area contributed by atoms with E-state index in [0.29, 0.717) is 23.5 Å². The standard InChI is InChI=1S/C22H25FN4O2/c23-19-7-5-16(6-8-19)3-4-17-2-1-10-26(14-17)22(29)20-13-25-27-15-18(9-11-28)12-24-21(20)27/h5-8,12-13,15,17,28H,1-4,9-11,14H2. The Balaban J connectivity index is 1.42. The van der Waals surface area contributed by atoms with Crippen LogP contribution in [0.15, 0.2) is 42.9 Å². The molecule has 1 fully saturated rings. The number of piperidine rings is 1. The normalized spacial score (nSPS) is 17.0. The van der Waals surface area contributed by atoms with E-state index in [-0.39, 0.29) is 18.3 Å². The largest absolute Gasteiger partial charge is 0.396 e. The van der Waals surface area contributed by atoms with Crippen molar-refractivity contribution in [2.45, 2.75) is 32.1 Å². The topological polar surface area (TPSA) is 70.7 Å². The number of rotatable bonds is 6. The maximum absolute atomic E-state index is 13.1. The first kappa shape index (κ1) is 19.5. The number of amides is 1. The molecule has 0 radical (unpaired) electrons. The minimum absolute atomic E-state index is 0.0334. The van der Waals surface area contributed by atoms with E-state index in [1.165, 1.54) is 12.1 Å². The maximum Gasteiger partial charge on any atom is 0.259 e. The second kappa shape index (κ2) is 8.69. The van der Waals surface area contributed by atoms with Crippen LogP contribution in [0.1, 0.15) is 40.7 Å². The molecule has 1 saturated heterocycles. The van der Waals surface area contributed by atoms with Crippen LogP contribution in [0.25, 0.3) is 5.65 Å². The van der Waals surface area contributed by atoms with Gasteiger partial charge in [0.25, 0.3) is 5.91 Å². The molecule has 3 aromatic rings. The zero-order chi connectivity index (χ0) is 20.2. The molecule has 1 unspecified atom stereocenters. The SMILES string of the molecule is O=C(c1cnn2cc(CCO)cnc12)N1CCCC(CCc2ccc(F)cc2)C1. The molecule has 2 aromatic heterocycles. The molecule has 152 valence electrons. The van der Waals surface area contributed by atoms with Crippen LogP contribution >= 0.6 is 0 Å². The van der Waals surface area contributed by atoms with E-state index in [0.717, 1.165) is 49.9 Å². The lowest BCUT2D eigenvalue weighted by molar-refractivity contribution is 0.0670. The van der Waals surface area contributed by atoms with Crippen molar-refractivity contribution in [3.63, 3.8) is 0 Å². The van der Waals surface area contributed by atoms with Crippen molar-refractivity contribution in [1.29, 1.82) is 0 Å². The van der Waals surface area contributed by atoms with Crippen molar-refractivity contribution < 1.29 is 14.3 Å². The summed E-state index contributed by atoms with van der Waals surface area (Å²) in [6.45, 7) is 1.51. The molecule has 6 nitrogen and oxygen atoms in total. The van der Waals surface area contributed by atoms with Gasteiger partial charge in [0.15, 0.2) is 5.65 Å². The van der Waals surface area contributed by atoms with Gasteiger partial charge in [-0.3, -0.25) is 4.79 Å². The van der Waals surface area contributed by atoms with Gasteiger partial charge in [-0.2, -0.15) is 5.10 Å². The van der Waals surface area contributed by atoms with Gasteiger partial charge in [0.1, 0.15) is 11.4 Å². The molecular weight excluding hydrogens is 371 g/mol. The number of aromatic nitrogens is 3. The minimum Gasteiger partial charge on any atom is -0.396 e. The molecule has 1 N–H and O–H groups in total. The van der Waals surface area contributed by atoms with E-state index in [1.54, 1.807) is 23.1 Å². The zero-order valence-electron chi connectivity index (χ0n) is 16.3. The summed E-state index contributed by atoms with van der Waals surface area (Å²) in [6.07, 6.45) is 9.52. The zero-order valence-corrected chi connectivity index (χ0v) is 16.3. The molecule has 1 atom stereocenters. The maximum atomic E-state index is 13.1. The second-order valence-electron chi connectivity index (χ2n) is 7.69. The van der Waals surface area contributed by atoms with E-state index in [9.17, 15) is 9.18 Å². The first-order valence-electron chi connectivity index (χ1n) is 10.1. The molecule has 4 rings (SSSR count). The number of carbonyl (C=O) groups is 1. The highest BCUT2D eigenvalue weighted by Crippen LogP contribution is 2.24. The Morgan fingerprint density at radius 3 is 2.79 bits per heavy atom. The number of halogens is 1. The van der Waals surface area contributed by atoms with Crippen LogP contribution in [0.4, 0.5) is 4.39 Å². The van der Waals surface area contributed by atoms with Gasteiger partial charge in [-0.15, -0.1) is 0 Å². The van der Waals surface area contributed by atoms with E-state index < -0.39 is 0 Å². The molecule has 3 heterocycles. The number of likely N-dealkylation sites (tertiary alicyclic amines) is 1. The van der Waals surface area contributed by atoms with Crippen molar-refractivity contribution in [2.24, 2.45) is 5.92 Å². The summed E-state index contributed by atoms with van der Waals surface area (Å²) in [5.74, 6) is 0.186. The van der Waals surface area contributed by atoms with Gasteiger partial charge in [-0.25, -0.2) is 13.9 Å². The number of fused-ring (bicyclic) bond motifs is 1. The van der Waals surface area contributed by atoms with Crippen LogP contribution in [-0.4, -0.2) is 50.2 Å². The summed E-state index contributed by atoms with van der Waals surface area (Å²) >= 11 is 0. The quantitative estimate of drug-likeness (QED) is 0.696. The molecule has 0 saturated carbocycles. The van der Waals surface area contributed by atoms with Gasteiger partial charge in [-0.1, -0.05) is 12.1 Å². The summed E-state index contributed by atoms with van der Waals surface area (Å²) in [4.78, 5) is 19.4. The molecule has 0 spiro atoms. The number of hydrogen-bond acceptors (Lipinski definition) is 4. The number of benzene rings is 1. The van der Waals surface area contributed by atoms with Crippen molar-refractivity contribution in [3.05, 3.63) is 65.4 Å². The highest BCUT2D eigenvalue weighted by atomic mass is 19.1.